The molecule has 2 aromatic carbocycles. The van der Waals surface area contributed by atoms with Gasteiger partial charge in [0.2, 0.25) is 16.9 Å². The summed E-state index contributed by atoms with van der Waals surface area (Å²) in [5.74, 6) is 0.124. The summed E-state index contributed by atoms with van der Waals surface area (Å²) in [4.78, 5) is 26.9. The van der Waals surface area contributed by atoms with E-state index in [0.29, 0.717) is 18.1 Å². The number of para-hydroxylation sites is 1. The van der Waals surface area contributed by atoms with Crippen molar-refractivity contribution in [1.29, 1.82) is 0 Å². The molecule has 1 atom stereocenters. The SMILES string of the molecule is CCc1ccc(N2CC(C(=O)Nc3nnc(Cc4ccccc4OC)s3)CC2=O)cc1. The van der Waals surface area contributed by atoms with E-state index >= 15 is 0 Å². The van der Waals surface area contributed by atoms with Crippen LogP contribution >= 0.6 is 11.3 Å². The number of aryl methyl sites for hydroxylation is 1. The zero-order valence-corrected chi connectivity index (χ0v) is 18.3. The summed E-state index contributed by atoms with van der Waals surface area (Å²) < 4.78 is 5.38. The second kappa shape index (κ2) is 9.26. The van der Waals surface area contributed by atoms with Gasteiger partial charge in [-0.3, -0.25) is 9.59 Å². The van der Waals surface area contributed by atoms with Gasteiger partial charge < -0.3 is 15.0 Å². The fraction of sp³-hybridized carbons (Fsp3) is 0.304. The fourth-order valence-electron chi connectivity index (χ4n) is 3.64. The molecule has 0 bridgehead atoms. The molecular formula is C23H24N4O3S. The van der Waals surface area contributed by atoms with E-state index in [1.807, 2.05) is 48.5 Å². The lowest BCUT2D eigenvalue weighted by atomic mass is 10.1. The Hall–Kier alpha value is -3.26. The molecule has 7 nitrogen and oxygen atoms in total. The minimum atomic E-state index is -0.417. The fourth-order valence-corrected chi connectivity index (χ4v) is 4.41. The summed E-state index contributed by atoms with van der Waals surface area (Å²) in [6, 6.07) is 15.6. The van der Waals surface area contributed by atoms with Crippen molar-refractivity contribution in [3.8, 4) is 5.75 Å². The molecule has 1 fully saturated rings. The molecule has 2 amide bonds. The number of nitrogens with zero attached hydrogens (tertiary/aromatic N) is 3. The normalized spacial score (nSPS) is 15.9. The Labute approximate surface area is 185 Å². The molecule has 0 radical (unpaired) electrons. The van der Waals surface area contributed by atoms with Crippen LogP contribution in [0.5, 0.6) is 5.75 Å². The van der Waals surface area contributed by atoms with Crippen LogP contribution in [0.4, 0.5) is 10.8 Å². The molecular weight excluding hydrogens is 412 g/mol. The molecule has 1 saturated heterocycles. The number of hydrogen-bond donors (Lipinski definition) is 1. The summed E-state index contributed by atoms with van der Waals surface area (Å²) in [6.45, 7) is 2.45. The molecule has 4 rings (SSSR count). The maximum absolute atomic E-state index is 12.7. The van der Waals surface area contributed by atoms with Crippen LogP contribution in [0.1, 0.15) is 29.5 Å². The molecule has 31 heavy (non-hydrogen) atoms. The van der Waals surface area contributed by atoms with E-state index in [2.05, 4.69) is 22.4 Å². The van der Waals surface area contributed by atoms with Gasteiger partial charge in [0, 0.05) is 30.6 Å². The number of rotatable bonds is 7. The van der Waals surface area contributed by atoms with E-state index in [1.54, 1.807) is 12.0 Å². The standard InChI is InChI=1S/C23H24N4O3S/c1-3-15-8-10-18(11-9-15)27-14-17(13-21(27)28)22(29)24-23-26-25-20(31-23)12-16-6-4-5-7-19(16)30-2/h4-11,17H,3,12-14H2,1-2H3,(H,24,26,29). The summed E-state index contributed by atoms with van der Waals surface area (Å²) in [5.41, 5.74) is 3.04. The highest BCUT2D eigenvalue weighted by Gasteiger charge is 2.35. The quantitative estimate of drug-likeness (QED) is 0.611. The third kappa shape index (κ3) is 4.74. The van der Waals surface area contributed by atoms with E-state index in [0.717, 1.165) is 28.4 Å². The van der Waals surface area contributed by atoms with E-state index in [4.69, 9.17) is 4.74 Å². The van der Waals surface area contributed by atoms with Crippen LogP contribution in [0, 0.1) is 5.92 Å². The molecule has 0 aliphatic carbocycles. The van der Waals surface area contributed by atoms with Crippen LogP contribution in [-0.2, 0) is 22.4 Å². The van der Waals surface area contributed by atoms with Crippen LogP contribution < -0.4 is 15.0 Å². The highest BCUT2D eigenvalue weighted by molar-refractivity contribution is 7.15. The molecule has 160 valence electrons. The predicted molar refractivity (Wildman–Crippen MR) is 121 cm³/mol. The van der Waals surface area contributed by atoms with E-state index in [1.165, 1.54) is 16.9 Å². The second-order valence-electron chi connectivity index (χ2n) is 7.40. The number of carbonyl (C=O) groups is 2. The Balaban J connectivity index is 1.38. The number of anilines is 2. The Morgan fingerprint density at radius 1 is 1.19 bits per heavy atom. The number of aromatic nitrogens is 2. The first-order valence-corrected chi connectivity index (χ1v) is 11.0. The Bertz CT molecular complexity index is 1080. The van der Waals surface area contributed by atoms with Crippen molar-refractivity contribution in [2.24, 2.45) is 5.92 Å². The zero-order valence-electron chi connectivity index (χ0n) is 17.5. The first-order valence-electron chi connectivity index (χ1n) is 10.2. The highest BCUT2D eigenvalue weighted by atomic mass is 32.1. The summed E-state index contributed by atoms with van der Waals surface area (Å²) in [6.07, 6.45) is 1.70. The monoisotopic (exact) mass is 436 g/mol. The number of carbonyl (C=O) groups excluding carboxylic acids is 2. The van der Waals surface area contributed by atoms with Crippen molar-refractivity contribution < 1.29 is 14.3 Å². The average molecular weight is 437 g/mol. The van der Waals surface area contributed by atoms with Gasteiger partial charge in [-0.2, -0.15) is 0 Å². The maximum atomic E-state index is 12.7. The highest BCUT2D eigenvalue weighted by Crippen LogP contribution is 2.28. The number of ether oxygens (including phenoxy) is 1. The number of hydrogen-bond acceptors (Lipinski definition) is 6. The molecule has 1 aromatic heterocycles. The van der Waals surface area contributed by atoms with Crippen molar-refractivity contribution >= 4 is 34.0 Å². The zero-order chi connectivity index (χ0) is 21.8. The van der Waals surface area contributed by atoms with Crippen molar-refractivity contribution in [2.75, 3.05) is 23.9 Å². The number of amides is 2. The van der Waals surface area contributed by atoms with Gasteiger partial charge in [-0.25, -0.2) is 0 Å². The van der Waals surface area contributed by atoms with Crippen molar-refractivity contribution in [2.45, 2.75) is 26.2 Å². The third-order valence-electron chi connectivity index (χ3n) is 5.38. The van der Waals surface area contributed by atoms with E-state index in [9.17, 15) is 9.59 Å². The van der Waals surface area contributed by atoms with Gasteiger partial charge in [-0.1, -0.05) is 48.6 Å². The van der Waals surface area contributed by atoms with E-state index < -0.39 is 5.92 Å². The van der Waals surface area contributed by atoms with Crippen LogP contribution in [0.2, 0.25) is 0 Å². The molecule has 1 N–H and O–H groups in total. The van der Waals surface area contributed by atoms with Crippen molar-refractivity contribution in [3.63, 3.8) is 0 Å². The van der Waals surface area contributed by atoms with Crippen molar-refractivity contribution in [3.05, 3.63) is 64.7 Å². The van der Waals surface area contributed by atoms with Gasteiger partial charge in [0.15, 0.2) is 0 Å². The van der Waals surface area contributed by atoms with Gasteiger partial charge in [-0.15, -0.1) is 10.2 Å². The molecule has 3 aromatic rings. The number of benzene rings is 2. The molecule has 8 heteroatoms. The topological polar surface area (TPSA) is 84.4 Å². The largest absolute Gasteiger partial charge is 0.496 e. The van der Waals surface area contributed by atoms with Crippen molar-refractivity contribution in [1.82, 2.24) is 10.2 Å². The molecule has 2 heterocycles. The molecule has 0 saturated carbocycles. The predicted octanol–water partition coefficient (Wildman–Crippen LogP) is 3.69. The Kier molecular flexibility index (Phi) is 6.27. The number of methoxy groups -OCH3 is 1. The van der Waals surface area contributed by atoms with Crippen LogP contribution in [-0.4, -0.2) is 35.7 Å². The first-order chi connectivity index (χ1) is 15.1. The Morgan fingerprint density at radius 2 is 1.97 bits per heavy atom. The lowest BCUT2D eigenvalue weighted by Gasteiger charge is -2.17. The first kappa shape index (κ1) is 21.0. The summed E-state index contributed by atoms with van der Waals surface area (Å²) in [7, 11) is 1.63. The third-order valence-corrected chi connectivity index (χ3v) is 6.22. The van der Waals surface area contributed by atoms with E-state index in [-0.39, 0.29) is 18.2 Å². The van der Waals surface area contributed by atoms with Gasteiger partial charge in [0.05, 0.1) is 13.0 Å². The lowest BCUT2D eigenvalue weighted by molar-refractivity contribution is -0.122. The van der Waals surface area contributed by atoms with Gasteiger partial charge >= 0.3 is 0 Å². The maximum Gasteiger partial charge on any atom is 0.231 e. The van der Waals surface area contributed by atoms with Crippen LogP contribution in [0.25, 0.3) is 0 Å². The molecule has 1 aliphatic rings. The summed E-state index contributed by atoms with van der Waals surface area (Å²) in [5, 5.41) is 12.3. The van der Waals surface area contributed by atoms with Gasteiger partial charge in [0.25, 0.3) is 0 Å². The molecule has 1 unspecified atom stereocenters. The lowest BCUT2D eigenvalue weighted by Crippen LogP contribution is -2.28. The smallest absolute Gasteiger partial charge is 0.231 e. The minimum Gasteiger partial charge on any atom is -0.496 e. The average Bonchev–Trinajstić information content (AvgIpc) is 3.40. The number of nitrogens with one attached hydrogen (secondary N) is 1. The molecule has 1 aliphatic heterocycles. The van der Waals surface area contributed by atoms with Gasteiger partial charge in [0.1, 0.15) is 10.8 Å². The minimum absolute atomic E-state index is 0.0430. The second-order valence-corrected chi connectivity index (χ2v) is 8.47. The summed E-state index contributed by atoms with van der Waals surface area (Å²) >= 11 is 1.33. The Morgan fingerprint density at radius 3 is 2.71 bits per heavy atom. The molecule has 0 spiro atoms. The van der Waals surface area contributed by atoms with Crippen LogP contribution in [0.3, 0.4) is 0 Å². The van der Waals surface area contributed by atoms with Gasteiger partial charge in [-0.05, 0) is 30.2 Å². The van der Waals surface area contributed by atoms with Crippen LogP contribution in [0.15, 0.2) is 48.5 Å².